The fourth-order valence-corrected chi connectivity index (χ4v) is 3.56. The number of hydrogen-bond donors (Lipinski definition) is 0. The smallest absolute Gasteiger partial charge is 0.167 e. The Balaban J connectivity index is 1.61. The van der Waals surface area contributed by atoms with Gasteiger partial charge in [0.25, 0.3) is 0 Å². The SMILES string of the molecule is O=C(CC(=S)Cc1cc(Br)cc(OCc2ccccc2)c1)c1ccccc1. The average Bonchev–Trinajstić information content (AvgIpc) is 2.67. The summed E-state index contributed by atoms with van der Waals surface area (Å²) in [6.07, 6.45) is 0.834. The molecule has 0 aliphatic rings. The summed E-state index contributed by atoms with van der Waals surface area (Å²) in [5, 5.41) is 0. The number of halogens is 1. The van der Waals surface area contributed by atoms with Gasteiger partial charge in [0.1, 0.15) is 12.4 Å². The van der Waals surface area contributed by atoms with Gasteiger partial charge >= 0.3 is 0 Å². The topological polar surface area (TPSA) is 26.3 Å². The van der Waals surface area contributed by atoms with Gasteiger partial charge in [-0.3, -0.25) is 4.79 Å². The molecule has 0 aliphatic carbocycles. The molecular weight excluding hydrogens is 420 g/mol. The van der Waals surface area contributed by atoms with Gasteiger partial charge in [0.2, 0.25) is 0 Å². The van der Waals surface area contributed by atoms with Crippen molar-refractivity contribution in [2.24, 2.45) is 0 Å². The molecule has 3 aromatic carbocycles. The zero-order valence-electron chi connectivity index (χ0n) is 14.7. The lowest BCUT2D eigenvalue weighted by Gasteiger charge is -2.10. The van der Waals surface area contributed by atoms with Crippen molar-refractivity contribution in [3.8, 4) is 5.75 Å². The van der Waals surface area contributed by atoms with Crippen LogP contribution in [-0.2, 0) is 13.0 Å². The Morgan fingerprint density at radius 3 is 2.26 bits per heavy atom. The molecule has 0 saturated carbocycles. The molecule has 0 aromatic heterocycles. The summed E-state index contributed by atoms with van der Waals surface area (Å²) in [5.41, 5.74) is 2.84. The summed E-state index contributed by atoms with van der Waals surface area (Å²) in [5.74, 6) is 0.830. The molecule has 27 heavy (non-hydrogen) atoms. The molecule has 0 bridgehead atoms. The molecule has 0 spiro atoms. The van der Waals surface area contributed by atoms with E-state index in [1.165, 1.54) is 0 Å². The van der Waals surface area contributed by atoms with E-state index in [-0.39, 0.29) is 12.2 Å². The number of hydrogen-bond acceptors (Lipinski definition) is 3. The lowest BCUT2D eigenvalue weighted by molar-refractivity contribution is 0.100. The summed E-state index contributed by atoms with van der Waals surface area (Å²) >= 11 is 8.99. The van der Waals surface area contributed by atoms with E-state index in [9.17, 15) is 4.79 Å². The normalized spacial score (nSPS) is 10.4. The van der Waals surface area contributed by atoms with E-state index in [0.717, 1.165) is 26.2 Å². The van der Waals surface area contributed by atoms with Crippen LogP contribution >= 0.6 is 28.1 Å². The van der Waals surface area contributed by atoms with Gasteiger partial charge < -0.3 is 4.74 Å². The predicted molar refractivity (Wildman–Crippen MR) is 117 cm³/mol. The molecule has 0 radical (unpaired) electrons. The van der Waals surface area contributed by atoms with Crippen molar-refractivity contribution in [3.63, 3.8) is 0 Å². The van der Waals surface area contributed by atoms with Crippen molar-refractivity contribution in [1.82, 2.24) is 0 Å². The summed E-state index contributed by atoms with van der Waals surface area (Å²) in [7, 11) is 0. The zero-order valence-corrected chi connectivity index (χ0v) is 17.1. The minimum atomic E-state index is 0.0520. The second kappa shape index (κ2) is 9.58. The van der Waals surface area contributed by atoms with Crippen LogP contribution in [-0.4, -0.2) is 10.6 Å². The molecule has 0 fully saturated rings. The fourth-order valence-electron chi connectivity index (χ4n) is 2.74. The van der Waals surface area contributed by atoms with E-state index in [1.54, 1.807) is 0 Å². The van der Waals surface area contributed by atoms with Gasteiger partial charge in [-0.25, -0.2) is 0 Å². The van der Waals surface area contributed by atoms with Crippen LogP contribution in [0.15, 0.2) is 83.3 Å². The summed E-state index contributed by atoms with van der Waals surface area (Å²) in [6, 6.07) is 25.2. The maximum Gasteiger partial charge on any atom is 0.167 e. The van der Waals surface area contributed by atoms with Gasteiger partial charge in [-0.1, -0.05) is 88.8 Å². The van der Waals surface area contributed by atoms with Crippen LogP contribution in [0.5, 0.6) is 5.75 Å². The van der Waals surface area contributed by atoms with E-state index in [1.807, 2.05) is 78.9 Å². The Kier molecular flexibility index (Phi) is 6.91. The van der Waals surface area contributed by atoms with Crippen LogP contribution in [0.25, 0.3) is 0 Å². The summed E-state index contributed by atoms with van der Waals surface area (Å²) in [6.45, 7) is 0.508. The largest absolute Gasteiger partial charge is 0.489 e. The molecular formula is C23H19BrO2S. The number of carbonyl (C=O) groups excluding carboxylic acids is 1. The molecule has 3 rings (SSSR count). The average molecular weight is 439 g/mol. The lowest BCUT2D eigenvalue weighted by Crippen LogP contribution is -2.09. The Hall–Kier alpha value is -2.30. The highest BCUT2D eigenvalue weighted by atomic mass is 79.9. The van der Waals surface area contributed by atoms with Gasteiger partial charge in [0.15, 0.2) is 5.78 Å². The van der Waals surface area contributed by atoms with E-state index in [2.05, 4.69) is 15.9 Å². The Bertz CT molecular complexity index is 924. The van der Waals surface area contributed by atoms with Crippen molar-refractivity contribution in [3.05, 3.63) is 100 Å². The van der Waals surface area contributed by atoms with Crippen LogP contribution in [0.2, 0.25) is 0 Å². The van der Waals surface area contributed by atoms with Crippen LogP contribution in [0.4, 0.5) is 0 Å². The first-order valence-corrected chi connectivity index (χ1v) is 9.86. The summed E-state index contributed by atoms with van der Waals surface area (Å²) in [4.78, 5) is 13.0. The Labute approximate surface area is 173 Å². The van der Waals surface area contributed by atoms with Crippen LogP contribution in [0, 0.1) is 0 Å². The molecule has 0 N–H and O–H groups in total. The Morgan fingerprint density at radius 1 is 0.889 bits per heavy atom. The maximum atomic E-state index is 12.3. The first-order valence-electron chi connectivity index (χ1n) is 8.66. The third kappa shape index (κ3) is 6.12. The maximum absolute atomic E-state index is 12.3. The van der Waals surface area contributed by atoms with Gasteiger partial charge in [0.05, 0.1) is 0 Å². The minimum Gasteiger partial charge on any atom is -0.489 e. The van der Waals surface area contributed by atoms with Crippen LogP contribution < -0.4 is 4.74 Å². The quantitative estimate of drug-likeness (QED) is 0.308. The van der Waals surface area contributed by atoms with Gasteiger partial charge in [-0.2, -0.15) is 0 Å². The number of ketones is 1. The highest BCUT2D eigenvalue weighted by Gasteiger charge is 2.10. The predicted octanol–water partition coefficient (Wildman–Crippen LogP) is 6.21. The lowest BCUT2D eigenvalue weighted by atomic mass is 10.0. The van der Waals surface area contributed by atoms with Crippen molar-refractivity contribution < 1.29 is 9.53 Å². The molecule has 0 unspecified atom stereocenters. The molecule has 2 nitrogen and oxygen atoms in total. The zero-order chi connectivity index (χ0) is 19.1. The van der Waals surface area contributed by atoms with Gasteiger partial charge in [-0.15, -0.1) is 0 Å². The standard InChI is InChI=1S/C23H19BrO2S/c24-20-11-18(12-21(14-20)26-16-17-7-3-1-4-8-17)13-22(27)15-23(25)19-9-5-2-6-10-19/h1-12,14H,13,15-16H2. The highest BCUT2D eigenvalue weighted by Crippen LogP contribution is 2.23. The monoisotopic (exact) mass is 438 g/mol. The van der Waals surface area contributed by atoms with Gasteiger partial charge in [0, 0.05) is 27.7 Å². The molecule has 0 saturated heterocycles. The van der Waals surface area contributed by atoms with Crippen LogP contribution in [0.3, 0.4) is 0 Å². The summed E-state index contributed by atoms with van der Waals surface area (Å²) < 4.78 is 6.84. The second-order valence-corrected chi connectivity index (χ2v) is 7.74. The third-order valence-corrected chi connectivity index (χ3v) is 4.78. The number of carbonyl (C=O) groups is 1. The number of Topliss-reactive ketones (excluding diaryl/α,β-unsaturated/α-hetero) is 1. The highest BCUT2D eigenvalue weighted by molar-refractivity contribution is 9.10. The third-order valence-electron chi connectivity index (χ3n) is 4.03. The van der Waals surface area contributed by atoms with Crippen molar-refractivity contribution in [1.29, 1.82) is 0 Å². The number of thiocarbonyl (C=S) groups is 1. The second-order valence-electron chi connectivity index (χ2n) is 6.25. The molecule has 4 heteroatoms. The van der Waals surface area contributed by atoms with E-state index < -0.39 is 0 Å². The van der Waals surface area contributed by atoms with E-state index >= 15 is 0 Å². The molecule has 0 atom stereocenters. The van der Waals surface area contributed by atoms with E-state index in [4.69, 9.17) is 17.0 Å². The van der Waals surface area contributed by atoms with Crippen molar-refractivity contribution in [2.45, 2.75) is 19.4 Å². The first kappa shape index (κ1) is 19.5. The molecule has 0 heterocycles. The number of ether oxygens (including phenoxy) is 1. The molecule has 136 valence electrons. The number of rotatable bonds is 8. The Morgan fingerprint density at radius 2 is 1.56 bits per heavy atom. The van der Waals surface area contributed by atoms with E-state index in [0.29, 0.717) is 18.6 Å². The van der Waals surface area contributed by atoms with Crippen molar-refractivity contribution >= 4 is 38.8 Å². The fraction of sp³-hybridized carbons (Fsp3) is 0.130. The minimum absolute atomic E-state index is 0.0520. The number of benzene rings is 3. The van der Waals surface area contributed by atoms with Crippen LogP contribution in [0.1, 0.15) is 27.9 Å². The van der Waals surface area contributed by atoms with Crippen molar-refractivity contribution in [2.75, 3.05) is 0 Å². The molecule has 0 amide bonds. The molecule has 0 aliphatic heterocycles. The van der Waals surface area contributed by atoms with Gasteiger partial charge in [-0.05, 0) is 29.3 Å². The first-order chi connectivity index (χ1) is 13.1. The molecule has 3 aromatic rings.